The lowest BCUT2D eigenvalue weighted by molar-refractivity contribution is -0.166. The van der Waals surface area contributed by atoms with Crippen molar-refractivity contribution in [2.45, 2.75) is 271 Å². The fourth-order valence-corrected chi connectivity index (χ4v) is 8.48. The Hall–Kier alpha value is -5.49. The van der Waals surface area contributed by atoms with Gasteiger partial charge in [-0.05, 0) is 148 Å². The minimum Gasteiger partial charge on any atom is -0.462 e. The van der Waals surface area contributed by atoms with Gasteiger partial charge in [0.1, 0.15) is 13.2 Å². The lowest BCUT2D eigenvalue weighted by atomic mass is 10.1. The zero-order valence-electron chi connectivity index (χ0n) is 53.1. The molecule has 464 valence electrons. The predicted octanol–water partition coefficient (Wildman–Crippen LogP) is 23.2. The molecule has 0 radical (unpaired) electrons. The van der Waals surface area contributed by atoms with Gasteiger partial charge in [0.2, 0.25) is 0 Å². The summed E-state index contributed by atoms with van der Waals surface area (Å²) in [5, 5.41) is 0. The molecule has 0 bridgehead atoms. The summed E-state index contributed by atoms with van der Waals surface area (Å²) in [6.07, 6.45) is 103. The second-order valence-electron chi connectivity index (χ2n) is 21.3. The van der Waals surface area contributed by atoms with Crippen LogP contribution in [0.25, 0.3) is 0 Å². The topological polar surface area (TPSA) is 78.9 Å². The molecule has 0 spiro atoms. The Morgan fingerprint density at radius 3 is 0.783 bits per heavy atom. The Balaban J connectivity index is 4.55. The number of hydrogen-bond acceptors (Lipinski definition) is 6. The number of ether oxygens (including phenoxy) is 3. The van der Waals surface area contributed by atoms with Gasteiger partial charge in [-0.1, -0.05) is 280 Å². The van der Waals surface area contributed by atoms with Crippen LogP contribution >= 0.6 is 0 Å². The van der Waals surface area contributed by atoms with Gasteiger partial charge >= 0.3 is 17.9 Å². The third-order valence-electron chi connectivity index (χ3n) is 13.4. The molecule has 0 aliphatic rings. The van der Waals surface area contributed by atoms with E-state index in [0.29, 0.717) is 19.3 Å². The molecule has 0 N–H and O–H groups in total. The number of esters is 3. The lowest BCUT2D eigenvalue weighted by Crippen LogP contribution is -2.30. The highest BCUT2D eigenvalue weighted by Crippen LogP contribution is 2.14. The Morgan fingerprint density at radius 1 is 0.253 bits per heavy atom. The fraction of sp³-hybridized carbons (Fsp3) is 0.571. The third-order valence-corrected chi connectivity index (χ3v) is 13.4. The van der Waals surface area contributed by atoms with E-state index in [1.807, 2.05) is 12.2 Å². The van der Waals surface area contributed by atoms with Crippen molar-refractivity contribution in [3.63, 3.8) is 0 Å². The van der Waals surface area contributed by atoms with Crippen molar-refractivity contribution < 1.29 is 28.6 Å². The van der Waals surface area contributed by atoms with Crippen LogP contribution in [0.4, 0.5) is 0 Å². The molecule has 6 nitrogen and oxygen atoms in total. The first kappa shape index (κ1) is 77.5. The number of unbranched alkanes of at least 4 members (excludes halogenated alkanes) is 17. The second kappa shape index (κ2) is 69.0. The summed E-state index contributed by atoms with van der Waals surface area (Å²) >= 11 is 0. The van der Waals surface area contributed by atoms with Gasteiger partial charge in [0.15, 0.2) is 6.10 Å². The highest BCUT2D eigenvalue weighted by molar-refractivity contribution is 5.71. The third kappa shape index (κ3) is 67.2. The highest BCUT2D eigenvalue weighted by Gasteiger charge is 2.19. The summed E-state index contributed by atoms with van der Waals surface area (Å²) in [7, 11) is 0. The van der Waals surface area contributed by atoms with Gasteiger partial charge in [-0.3, -0.25) is 14.4 Å². The van der Waals surface area contributed by atoms with Crippen LogP contribution in [-0.2, 0) is 28.6 Å². The van der Waals surface area contributed by atoms with Crippen LogP contribution < -0.4 is 0 Å². The number of allylic oxidation sites excluding steroid dienone is 30. The maximum Gasteiger partial charge on any atom is 0.306 e. The first-order valence-electron chi connectivity index (χ1n) is 33.3. The zero-order chi connectivity index (χ0) is 59.9. The molecular weight excluding hydrogens is 1020 g/mol. The average Bonchev–Trinajstić information content (AvgIpc) is 3.50. The van der Waals surface area contributed by atoms with Crippen molar-refractivity contribution in [3.05, 3.63) is 182 Å². The molecule has 0 aliphatic heterocycles. The lowest BCUT2D eigenvalue weighted by Gasteiger charge is -2.18. The predicted molar refractivity (Wildman–Crippen MR) is 361 cm³/mol. The van der Waals surface area contributed by atoms with Gasteiger partial charge in [0, 0.05) is 19.3 Å². The molecule has 83 heavy (non-hydrogen) atoms. The van der Waals surface area contributed by atoms with Crippen LogP contribution in [0.3, 0.4) is 0 Å². The minimum absolute atomic E-state index is 0.125. The number of hydrogen-bond donors (Lipinski definition) is 0. The Morgan fingerprint density at radius 2 is 0.494 bits per heavy atom. The SMILES string of the molecule is CC/C=C\C/C=C\C/C=C\C/C=C\C/C=C\C/C=C\C/C=C\CCCCCCCC(=O)OCC(COC(=O)CCCCCCCCCCC/C=C\C/C=C\CCCCC)OC(=O)CC/C=C\C/C=C\C/C=C\C/C=C\C/C=C\C/C=C\CC. The molecule has 0 aliphatic carbocycles. The average molecular weight is 1140 g/mol. The van der Waals surface area contributed by atoms with E-state index in [0.717, 1.165) is 148 Å². The molecule has 0 saturated heterocycles. The first-order chi connectivity index (χ1) is 41.0. The summed E-state index contributed by atoms with van der Waals surface area (Å²) in [5.74, 6) is -1.04. The molecule has 6 heteroatoms. The van der Waals surface area contributed by atoms with Crippen molar-refractivity contribution in [3.8, 4) is 0 Å². The molecule has 0 heterocycles. The smallest absolute Gasteiger partial charge is 0.306 e. The molecule has 1 atom stereocenters. The van der Waals surface area contributed by atoms with Crippen molar-refractivity contribution >= 4 is 17.9 Å². The summed E-state index contributed by atoms with van der Waals surface area (Å²) in [5.41, 5.74) is 0. The van der Waals surface area contributed by atoms with Gasteiger partial charge < -0.3 is 14.2 Å². The highest BCUT2D eigenvalue weighted by atomic mass is 16.6. The molecule has 0 fully saturated rings. The van der Waals surface area contributed by atoms with Crippen LogP contribution in [0.5, 0.6) is 0 Å². The van der Waals surface area contributed by atoms with Gasteiger partial charge in [-0.25, -0.2) is 0 Å². The van der Waals surface area contributed by atoms with E-state index < -0.39 is 12.1 Å². The van der Waals surface area contributed by atoms with Gasteiger partial charge in [0.05, 0.1) is 0 Å². The molecule has 0 rings (SSSR count). The number of carbonyl (C=O) groups is 3. The molecule has 0 amide bonds. The second-order valence-corrected chi connectivity index (χ2v) is 21.3. The normalized spacial score (nSPS) is 13.3. The summed E-state index contributed by atoms with van der Waals surface area (Å²) in [4.78, 5) is 38.4. The number of carbonyl (C=O) groups excluding carboxylic acids is 3. The van der Waals surface area contributed by atoms with Crippen molar-refractivity contribution in [2.75, 3.05) is 13.2 Å². The van der Waals surface area contributed by atoms with Crippen LogP contribution in [0.2, 0.25) is 0 Å². The molecular formula is C77H120O6. The minimum atomic E-state index is -0.841. The molecule has 1 unspecified atom stereocenters. The first-order valence-corrected chi connectivity index (χ1v) is 33.3. The molecule has 0 aromatic heterocycles. The van der Waals surface area contributed by atoms with Crippen molar-refractivity contribution in [2.24, 2.45) is 0 Å². The maximum absolute atomic E-state index is 12.9. The van der Waals surface area contributed by atoms with Gasteiger partial charge in [-0.2, -0.15) is 0 Å². The molecule has 0 aromatic rings. The van der Waals surface area contributed by atoms with E-state index in [9.17, 15) is 14.4 Å². The number of rotatable bonds is 58. The maximum atomic E-state index is 12.9. The Labute approximate surface area is 510 Å². The molecule has 0 aromatic carbocycles. The fourth-order valence-electron chi connectivity index (χ4n) is 8.48. The monoisotopic (exact) mass is 1140 g/mol. The zero-order valence-corrected chi connectivity index (χ0v) is 53.1. The quantitative estimate of drug-likeness (QED) is 0.0261. The van der Waals surface area contributed by atoms with E-state index in [2.05, 4.69) is 191 Å². The Bertz CT molecular complexity index is 1940. The van der Waals surface area contributed by atoms with Crippen LogP contribution in [-0.4, -0.2) is 37.2 Å². The van der Waals surface area contributed by atoms with E-state index in [-0.39, 0.29) is 31.6 Å². The van der Waals surface area contributed by atoms with Gasteiger partial charge in [-0.15, -0.1) is 0 Å². The van der Waals surface area contributed by atoms with Crippen LogP contribution in [0, 0.1) is 0 Å². The summed E-state index contributed by atoms with van der Waals surface area (Å²) in [6.45, 7) is 6.30. The van der Waals surface area contributed by atoms with E-state index in [4.69, 9.17) is 14.2 Å². The largest absolute Gasteiger partial charge is 0.462 e. The van der Waals surface area contributed by atoms with E-state index >= 15 is 0 Å². The van der Waals surface area contributed by atoms with Crippen LogP contribution in [0.1, 0.15) is 265 Å². The van der Waals surface area contributed by atoms with Gasteiger partial charge in [0.25, 0.3) is 0 Å². The van der Waals surface area contributed by atoms with E-state index in [1.165, 1.54) is 70.6 Å². The molecule has 0 saturated carbocycles. The van der Waals surface area contributed by atoms with Crippen molar-refractivity contribution in [1.29, 1.82) is 0 Å². The van der Waals surface area contributed by atoms with Crippen molar-refractivity contribution in [1.82, 2.24) is 0 Å². The Kier molecular flexibility index (Phi) is 64.4. The van der Waals surface area contributed by atoms with Crippen LogP contribution in [0.15, 0.2) is 182 Å². The standard InChI is InChI=1S/C77H120O6/c1-4-7-10-13-16-19-22-25-28-31-34-35-36-37-38-39-40-41-44-46-49-52-55-58-61-64-67-70-76(79)82-73-74(83-77(80)71-68-65-62-59-56-53-50-47-43-33-30-27-24-21-18-15-12-9-6-3)72-81-75(78)69-66-63-60-57-54-51-48-45-42-32-29-26-23-20-17-14-11-8-5-2/h7,9-10,12,16-21,25-30,34-35,37-38,40-41,43,46-47,49,53,56,62,65,74H,4-6,8,11,13-15,22-24,31-33,36,39,42,44-45,48,50-52,54-55,57-61,63-64,66-73H2,1-3H3/b10-7-,12-9-,19-16-,20-17-,21-18-,28-25-,29-26-,30-27-,35-34-,38-37-,41-40-,47-43-,49-46-,56-53-,65-62-. The summed E-state index contributed by atoms with van der Waals surface area (Å²) < 4.78 is 16.9. The van der Waals surface area contributed by atoms with E-state index in [1.54, 1.807) is 0 Å². The summed E-state index contributed by atoms with van der Waals surface area (Å²) in [6, 6.07) is 0.